The summed E-state index contributed by atoms with van der Waals surface area (Å²) in [4.78, 5) is 16.8. The van der Waals surface area contributed by atoms with Crippen LogP contribution in [0.2, 0.25) is 0 Å². The molecule has 9 rings (SSSR count). The van der Waals surface area contributed by atoms with Crippen molar-refractivity contribution in [1.29, 1.82) is 0 Å². The van der Waals surface area contributed by atoms with E-state index in [-0.39, 0.29) is 17.9 Å². The number of rotatable bonds is 13. The number of hydrogen-bond acceptors (Lipinski definition) is 14. The molecule has 2 aromatic carbocycles. The summed E-state index contributed by atoms with van der Waals surface area (Å²) < 4.78 is 25.2. The number of anilines is 4. The van der Waals surface area contributed by atoms with Crippen molar-refractivity contribution in [2.24, 2.45) is 0 Å². The van der Waals surface area contributed by atoms with E-state index in [1.165, 1.54) is 26.9 Å². The summed E-state index contributed by atoms with van der Waals surface area (Å²) >= 11 is 1.77. The maximum absolute atomic E-state index is 14.0. The summed E-state index contributed by atoms with van der Waals surface area (Å²) in [5.74, 6) is 1.10. The molecule has 2 fully saturated rings. The average molecular weight is 854 g/mol. The van der Waals surface area contributed by atoms with Gasteiger partial charge in [0.15, 0.2) is 11.6 Å². The van der Waals surface area contributed by atoms with Gasteiger partial charge in [-0.25, -0.2) is 4.39 Å². The second kappa shape index (κ2) is 18.2. The number of ether oxygens (including phenoxy) is 2. The minimum atomic E-state index is -0.251. The first kappa shape index (κ1) is 41.5. The van der Waals surface area contributed by atoms with E-state index in [9.17, 15) is 4.39 Å². The summed E-state index contributed by atoms with van der Waals surface area (Å²) in [5.41, 5.74) is 10.7. The van der Waals surface area contributed by atoms with Gasteiger partial charge >= 0.3 is 0 Å². The maximum atomic E-state index is 14.0. The molecule has 13 nitrogen and oxygen atoms in total. The Morgan fingerprint density at radius 2 is 1.37 bits per heavy atom. The molecule has 0 saturated carbocycles. The predicted octanol–water partition coefficient (Wildman–Crippen LogP) is 8.18. The highest BCUT2D eigenvalue weighted by Gasteiger charge is 2.21. The molecule has 7 aromatic rings. The van der Waals surface area contributed by atoms with Crippen molar-refractivity contribution in [2.45, 2.75) is 52.7 Å². The molecule has 0 bridgehead atoms. The van der Waals surface area contributed by atoms with Crippen LogP contribution in [0.5, 0.6) is 0 Å². The van der Waals surface area contributed by atoms with E-state index in [0.29, 0.717) is 44.5 Å². The second-order valence-corrected chi connectivity index (χ2v) is 17.3. The standard InChI is InChI=1S/C47H52FN11O2S/c1-28-20-34(48)8-9-37(28)29(2)52-47-40-24-36(59-14-18-61-19-15-59)27-51-45(40)41(55-57-47)22-32-6-7-33(25-49-5)38(21-32)43-11-10-42(62-43)30(3)53-46-39-23-35(58-12-16-60-17-13-58)26-50-44(39)31(4)54-56-46/h6-11,20-21,23-24,26-27,29-30,49H,12-19,22,25H2,1-5H3,(H,52,57)(H,53,56)/t29-,30-/m1/s1. The highest BCUT2D eigenvalue weighted by atomic mass is 32.1. The smallest absolute Gasteiger partial charge is 0.158 e. The van der Waals surface area contributed by atoms with Crippen molar-refractivity contribution in [3.8, 4) is 10.4 Å². The lowest BCUT2D eigenvalue weighted by Crippen LogP contribution is -2.36. The summed E-state index contributed by atoms with van der Waals surface area (Å²) in [6, 6.07) is 20.1. The molecule has 3 N–H and O–H groups in total. The highest BCUT2D eigenvalue weighted by Crippen LogP contribution is 2.37. The number of aryl methyl sites for hydroxylation is 2. The number of morpholine rings is 2. The van der Waals surface area contributed by atoms with Crippen molar-refractivity contribution < 1.29 is 13.9 Å². The Kier molecular flexibility index (Phi) is 12.2. The number of nitrogens with zero attached hydrogens (tertiary/aromatic N) is 8. The molecule has 2 aliphatic rings. The van der Waals surface area contributed by atoms with Crippen LogP contribution in [-0.2, 0) is 22.4 Å². The zero-order valence-corrected chi connectivity index (χ0v) is 36.7. The van der Waals surface area contributed by atoms with Gasteiger partial charge in [0.1, 0.15) is 5.82 Å². The number of pyridine rings is 2. The minimum Gasteiger partial charge on any atom is -0.378 e. The lowest BCUT2D eigenvalue weighted by molar-refractivity contribution is 0.122. The van der Waals surface area contributed by atoms with Gasteiger partial charge in [0.25, 0.3) is 0 Å². The van der Waals surface area contributed by atoms with Gasteiger partial charge in [0.2, 0.25) is 0 Å². The Labute approximate surface area is 365 Å². The number of nitrogens with one attached hydrogen (secondary N) is 3. The topological polar surface area (TPSA) is 138 Å². The van der Waals surface area contributed by atoms with Gasteiger partial charge in [-0.1, -0.05) is 18.2 Å². The van der Waals surface area contributed by atoms with Gasteiger partial charge in [-0.05, 0) is 105 Å². The molecule has 5 aromatic heterocycles. The van der Waals surface area contributed by atoms with Crippen LogP contribution in [0.15, 0.2) is 73.1 Å². The van der Waals surface area contributed by atoms with Crippen LogP contribution >= 0.6 is 11.3 Å². The Morgan fingerprint density at radius 1 is 0.726 bits per heavy atom. The Balaban J connectivity index is 1.00. The quantitative estimate of drug-likeness (QED) is 0.103. The van der Waals surface area contributed by atoms with Gasteiger partial charge in [-0.2, -0.15) is 10.2 Å². The van der Waals surface area contributed by atoms with Gasteiger partial charge in [0, 0.05) is 59.7 Å². The third-order valence-electron chi connectivity index (χ3n) is 11.8. The van der Waals surface area contributed by atoms with E-state index >= 15 is 0 Å². The van der Waals surface area contributed by atoms with Gasteiger partial charge < -0.3 is 35.2 Å². The molecule has 7 heterocycles. The predicted molar refractivity (Wildman–Crippen MR) is 246 cm³/mol. The number of benzene rings is 2. The van der Waals surface area contributed by atoms with E-state index in [0.717, 1.165) is 94.0 Å². The third-order valence-corrected chi connectivity index (χ3v) is 13.1. The molecular formula is C47H52FN11O2S. The zero-order valence-electron chi connectivity index (χ0n) is 35.8. The Morgan fingerprint density at radius 3 is 2.05 bits per heavy atom. The number of hydrogen-bond donors (Lipinski definition) is 3. The zero-order chi connectivity index (χ0) is 42.7. The molecule has 0 radical (unpaired) electrons. The Bertz CT molecular complexity index is 2720. The van der Waals surface area contributed by atoms with E-state index < -0.39 is 0 Å². The van der Waals surface area contributed by atoms with Crippen LogP contribution in [0.1, 0.15) is 64.4 Å². The van der Waals surface area contributed by atoms with E-state index in [4.69, 9.17) is 29.6 Å². The molecule has 0 aliphatic carbocycles. The molecular weight excluding hydrogens is 802 g/mol. The first-order valence-electron chi connectivity index (χ1n) is 21.3. The summed E-state index contributed by atoms with van der Waals surface area (Å²) in [5, 5.41) is 31.1. The summed E-state index contributed by atoms with van der Waals surface area (Å²) in [7, 11) is 1.97. The Hall–Kier alpha value is -5.87. The van der Waals surface area contributed by atoms with Crippen LogP contribution in [0, 0.1) is 19.7 Å². The summed E-state index contributed by atoms with van der Waals surface area (Å²) in [6.07, 6.45) is 4.41. The molecule has 2 saturated heterocycles. The second-order valence-electron chi connectivity index (χ2n) is 16.1. The van der Waals surface area contributed by atoms with E-state index in [1.54, 1.807) is 17.4 Å². The highest BCUT2D eigenvalue weighted by molar-refractivity contribution is 7.15. The SMILES string of the molecule is CNCc1ccc(Cc2nnc(N[C@H](C)c3ccc(F)cc3C)c3cc(N4CCOCC4)cnc23)cc1-c1ccc([C@@H](C)Nc2nnc(C)c3ncc(N4CCOCC4)cc23)s1. The van der Waals surface area contributed by atoms with E-state index in [2.05, 4.69) is 92.3 Å². The van der Waals surface area contributed by atoms with Crippen LogP contribution in [0.3, 0.4) is 0 Å². The molecule has 15 heteroatoms. The molecule has 320 valence electrons. The first-order valence-corrected chi connectivity index (χ1v) is 22.1. The fourth-order valence-corrected chi connectivity index (χ4v) is 9.52. The largest absolute Gasteiger partial charge is 0.378 e. The van der Waals surface area contributed by atoms with Crippen molar-refractivity contribution in [2.75, 3.05) is 80.1 Å². The van der Waals surface area contributed by atoms with Crippen molar-refractivity contribution in [3.63, 3.8) is 0 Å². The molecule has 0 amide bonds. The van der Waals surface area contributed by atoms with Crippen LogP contribution in [0.25, 0.3) is 32.2 Å². The fraction of sp³-hybridized carbons (Fsp3) is 0.362. The number of fused-ring (bicyclic) bond motifs is 2. The van der Waals surface area contributed by atoms with Crippen LogP contribution < -0.4 is 25.8 Å². The van der Waals surface area contributed by atoms with E-state index in [1.807, 2.05) is 39.4 Å². The fourth-order valence-electron chi connectivity index (χ4n) is 8.46. The lowest BCUT2D eigenvalue weighted by atomic mass is 9.99. The van der Waals surface area contributed by atoms with Gasteiger partial charge in [-0.15, -0.1) is 21.5 Å². The van der Waals surface area contributed by atoms with Crippen LogP contribution in [-0.4, -0.2) is 90.0 Å². The molecule has 0 unspecified atom stereocenters. The first-order chi connectivity index (χ1) is 30.2. The minimum absolute atomic E-state index is 0.0335. The lowest BCUT2D eigenvalue weighted by Gasteiger charge is -2.29. The summed E-state index contributed by atoms with van der Waals surface area (Å²) in [6.45, 7) is 14.8. The monoisotopic (exact) mass is 853 g/mol. The van der Waals surface area contributed by atoms with Crippen molar-refractivity contribution >= 4 is 56.2 Å². The number of thiophene rings is 1. The number of halogens is 1. The van der Waals surface area contributed by atoms with Gasteiger partial charge in [-0.3, -0.25) is 9.97 Å². The average Bonchev–Trinajstić information content (AvgIpc) is 3.80. The number of aromatic nitrogens is 6. The molecule has 2 aliphatic heterocycles. The maximum Gasteiger partial charge on any atom is 0.158 e. The van der Waals surface area contributed by atoms with Crippen molar-refractivity contribution in [3.05, 3.63) is 117 Å². The van der Waals surface area contributed by atoms with Crippen molar-refractivity contribution in [1.82, 2.24) is 35.7 Å². The normalized spacial score (nSPS) is 15.6. The third kappa shape index (κ3) is 8.75. The molecule has 62 heavy (non-hydrogen) atoms. The van der Waals surface area contributed by atoms with Gasteiger partial charge in [0.05, 0.1) is 84.7 Å². The molecule has 2 atom stereocenters. The molecule has 0 spiro atoms. The van der Waals surface area contributed by atoms with Crippen LogP contribution in [0.4, 0.5) is 27.4 Å².